The standard InChI is InChI=1S/C17H28INO3/c1-10(19-18)16(2,3)15(21)22-17-7-11-4-5-13(14(20)9-17)12(6-11)8-17/h10-14,19-20H,4-9H2,1-3H3. The van der Waals surface area contributed by atoms with E-state index in [1.54, 1.807) is 0 Å². The molecule has 0 saturated heterocycles. The summed E-state index contributed by atoms with van der Waals surface area (Å²) in [6.07, 6.45) is 5.81. The number of carbonyl (C=O) groups is 1. The quantitative estimate of drug-likeness (QED) is 0.416. The Morgan fingerprint density at radius 3 is 2.77 bits per heavy atom. The summed E-state index contributed by atoms with van der Waals surface area (Å²) in [5.74, 6) is 1.53. The molecule has 3 aliphatic carbocycles. The summed E-state index contributed by atoms with van der Waals surface area (Å²) >= 11 is 2.09. The maximum atomic E-state index is 12.8. The maximum absolute atomic E-state index is 12.8. The van der Waals surface area contributed by atoms with E-state index in [1.807, 2.05) is 20.8 Å². The SMILES string of the molecule is CC(NI)C(C)(C)C(=O)OC12CC3CCC(C(O)C1)C(C3)C2. The second-order valence-corrected chi connectivity index (χ2v) is 9.03. The largest absolute Gasteiger partial charge is 0.458 e. The van der Waals surface area contributed by atoms with Gasteiger partial charge in [-0.1, -0.05) is 0 Å². The van der Waals surface area contributed by atoms with Gasteiger partial charge in [0.05, 0.1) is 11.5 Å². The van der Waals surface area contributed by atoms with Gasteiger partial charge in [-0.15, -0.1) is 0 Å². The number of hydrogen-bond donors (Lipinski definition) is 2. The average Bonchev–Trinajstić information content (AvgIpc) is 2.44. The molecular formula is C17H28INO3. The summed E-state index contributed by atoms with van der Waals surface area (Å²) in [5, 5.41) is 10.5. The molecule has 3 rings (SSSR count). The van der Waals surface area contributed by atoms with E-state index in [9.17, 15) is 9.90 Å². The number of halogens is 1. The number of nitrogens with one attached hydrogen (secondary N) is 1. The number of aliphatic hydroxyl groups is 1. The molecular weight excluding hydrogens is 393 g/mol. The average molecular weight is 421 g/mol. The second kappa shape index (κ2) is 5.88. The highest BCUT2D eigenvalue weighted by Crippen LogP contribution is 2.56. The highest BCUT2D eigenvalue weighted by atomic mass is 127. The molecule has 0 spiro atoms. The molecule has 3 saturated carbocycles. The lowest BCUT2D eigenvalue weighted by Gasteiger charge is -2.56. The van der Waals surface area contributed by atoms with Crippen LogP contribution in [0.1, 0.15) is 59.3 Å². The van der Waals surface area contributed by atoms with E-state index < -0.39 is 11.0 Å². The van der Waals surface area contributed by atoms with Crippen LogP contribution >= 0.6 is 22.9 Å². The molecule has 0 heterocycles. The van der Waals surface area contributed by atoms with E-state index >= 15 is 0 Å². The molecule has 126 valence electrons. The molecule has 22 heavy (non-hydrogen) atoms. The Kier molecular flexibility index (Phi) is 4.54. The highest BCUT2D eigenvalue weighted by Gasteiger charge is 2.55. The topological polar surface area (TPSA) is 58.6 Å². The van der Waals surface area contributed by atoms with Gasteiger partial charge >= 0.3 is 5.97 Å². The van der Waals surface area contributed by atoms with Gasteiger partial charge in [-0.3, -0.25) is 8.32 Å². The Bertz CT molecular complexity index is 446. The van der Waals surface area contributed by atoms with Crippen molar-refractivity contribution in [1.29, 1.82) is 0 Å². The maximum Gasteiger partial charge on any atom is 0.313 e. The zero-order chi connectivity index (χ0) is 16.1. The lowest BCUT2D eigenvalue weighted by molar-refractivity contribution is -0.204. The lowest BCUT2D eigenvalue weighted by Crippen LogP contribution is -2.57. The van der Waals surface area contributed by atoms with Crippen LogP contribution in [0.3, 0.4) is 0 Å². The molecule has 2 N–H and O–H groups in total. The fourth-order valence-electron chi connectivity index (χ4n) is 4.86. The highest BCUT2D eigenvalue weighted by molar-refractivity contribution is 14.1. The summed E-state index contributed by atoms with van der Waals surface area (Å²) in [7, 11) is 0. The van der Waals surface area contributed by atoms with Crippen LogP contribution in [0.4, 0.5) is 0 Å². The van der Waals surface area contributed by atoms with Crippen LogP contribution in [0.2, 0.25) is 0 Å². The van der Waals surface area contributed by atoms with Gasteiger partial charge in [0.1, 0.15) is 5.60 Å². The number of carbonyl (C=O) groups excluding carboxylic acids is 1. The van der Waals surface area contributed by atoms with Crippen LogP contribution in [0.5, 0.6) is 0 Å². The Hall–Kier alpha value is 0.120. The van der Waals surface area contributed by atoms with Gasteiger partial charge in [-0.05, 0) is 70.6 Å². The summed E-state index contributed by atoms with van der Waals surface area (Å²) < 4.78 is 9.25. The third-order valence-electron chi connectivity index (χ3n) is 6.60. The summed E-state index contributed by atoms with van der Waals surface area (Å²) in [4.78, 5) is 12.8. The fourth-order valence-corrected chi connectivity index (χ4v) is 5.64. The number of esters is 1. The molecule has 3 aliphatic rings. The number of aliphatic hydroxyl groups excluding tert-OH is 1. The van der Waals surface area contributed by atoms with Gasteiger partial charge in [0, 0.05) is 35.3 Å². The summed E-state index contributed by atoms with van der Waals surface area (Å²) in [6, 6.07) is 0.0429. The normalized spacial score (nSPS) is 42.0. The van der Waals surface area contributed by atoms with Crippen molar-refractivity contribution in [3.63, 3.8) is 0 Å². The zero-order valence-corrected chi connectivity index (χ0v) is 15.9. The summed E-state index contributed by atoms with van der Waals surface area (Å²) in [5.41, 5.74) is -0.979. The van der Waals surface area contributed by atoms with Gasteiger partial charge in [-0.2, -0.15) is 0 Å². The number of ether oxygens (including phenoxy) is 1. The first-order valence-electron chi connectivity index (χ1n) is 8.55. The van der Waals surface area contributed by atoms with E-state index in [0.717, 1.165) is 19.3 Å². The van der Waals surface area contributed by atoms with Crippen molar-refractivity contribution in [1.82, 2.24) is 3.53 Å². The van der Waals surface area contributed by atoms with Gasteiger partial charge in [0.15, 0.2) is 0 Å². The van der Waals surface area contributed by atoms with E-state index in [4.69, 9.17) is 4.74 Å². The van der Waals surface area contributed by atoms with Crippen molar-refractivity contribution in [2.24, 2.45) is 23.2 Å². The van der Waals surface area contributed by atoms with E-state index in [1.165, 1.54) is 12.8 Å². The number of hydrogen-bond acceptors (Lipinski definition) is 4. The van der Waals surface area contributed by atoms with Gasteiger partial charge in [-0.25, -0.2) is 0 Å². The molecule has 0 aliphatic heterocycles. The minimum atomic E-state index is -0.565. The predicted octanol–water partition coefficient (Wildman–Crippen LogP) is 3.21. The Labute approximate surface area is 147 Å². The van der Waals surface area contributed by atoms with Crippen LogP contribution in [0.15, 0.2) is 0 Å². The molecule has 3 bridgehead atoms. The molecule has 0 aromatic heterocycles. The molecule has 6 unspecified atom stereocenters. The molecule has 4 nitrogen and oxygen atoms in total. The van der Waals surface area contributed by atoms with Crippen LogP contribution < -0.4 is 3.53 Å². The minimum Gasteiger partial charge on any atom is -0.458 e. The van der Waals surface area contributed by atoms with Crippen molar-refractivity contribution in [3.8, 4) is 0 Å². The van der Waals surface area contributed by atoms with Crippen LogP contribution in [-0.4, -0.2) is 28.8 Å². The van der Waals surface area contributed by atoms with Crippen molar-refractivity contribution >= 4 is 28.8 Å². The van der Waals surface area contributed by atoms with Crippen LogP contribution in [-0.2, 0) is 9.53 Å². The first-order chi connectivity index (χ1) is 10.3. The van der Waals surface area contributed by atoms with Crippen LogP contribution in [0.25, 0.3) is 0 Å². The molecule has 0 aromatic carbocycles. The first kappa shape index (κ1) is 17.0. The van der Waals surface area contributed by atoms with Gasteiger partial charge in [0.2, 0.25) is 0 Å². The molecule has 3 fully saturated rings. The van der Waals surface area contributed by atoms with Gasteiger partial charge in [0.25, 0.3) is 0 Å². The molecule has 0 amide bonds. The van der Waals surface area contributed by atoms with Crippen LogP contribution in [0, 0.1) is 23.2 Å². The van der Waals surface area contributed by atoms with E-state index in [-0.39, 0.29) is 18.1 Å². The molecule has 5 heteroatoms. The third-order valence-corrected chi connectivity index (χ3v) is 7.54. The van der Waals surface area contributed by atoms with E-state index in [2.05, 4.69) is 26.4 Å². The molecule has 0 radical (unpaired) electrons. The van der Waals surface area contributed by atoms with Gasteiger partial charge < -0.3 is 9.84 Å². The number of fused-ring (bicyclic) bond motifs is 2. The number of rotatable bonds is 4. The van der Waals surface area contributed by atoms with Crippen molar-refractivity contribution in [3.05, 3.63) is 0 Å². The van der Waals surface area contributed by atoms with Crippen molar-refractivity contribution < 1.29 is 14.6 Å². The monoisotopic (exact) mass is 421 g/mol. The first-order valence-corrected chi connectivity index (χ1v) is 9.63. The van der Waals surface area contributed by atoms with E-state index in [0.29, 0.717) is 24.2 Å². The Morgan fingerprint density at radius 2 is 2.09 bits per heavy atom. The summed E-state index contributed by atoms with van der Waals surface area (Å²) in [6.45, 7) is 5.88. The fraction of sp³-hybridized carbons (Fsp3) is 0.941. The molecule has 6 atom stereocenters. The third kappa shape index (κ3) is 2.81. The van der Waals surface area contributed by atoms with Crippen molar-refractivity contribution in [2.45, 2.75) is 77.0 Å². The minimum absolute atomic E-state index is 0.0429. The molecule has 0 aromatic rings. The Morgan fingerprint density at radius 1 is 1.36 bits per heavy atom. The predicted molar refractivity (Wildman–Crippen MR) is 93.4 cm³/mol. The zero-order valence-electron chi connectivity index (χ0n) is 13.8. The second-order valence-electron chi connectivity index (χ2n) is 8.41. The Balaban J connectivity index is 1.78. The van der Waals surface area contributed by atoms with Crippen molar-refractivity contribution in [2.75, 3.05) is 0 Å². The smallest absolute Gasteiger partial charge is 0.313 e. The lowest BCUT2D eigenvalue weighted by atomic mass is 9.55.